The largest absolute Gasteiger partial charge is 0.504 e. The first-order valence-corrected chi connectivity index (χ1v) is 5.24. The summed E-state index contributed by atoms with van der Waals surface area (Å²) in [5.41, 5.74) is 1.92. The van der Waals surface area contributed by atoms with Crippen LogP contribution in [0.2, 0.25) is 0 Å². The third-order valence-corrected chi connectivity index (χ3v) is 2.83. The lowest BCUT2D eigenvalue weighted by Gasteiger charge is -2.25. The maximum Gasteiger partial charge on any atom is 0.203 e. The normalized spacial score (nSPS) is 17.9. The molecule has 4 nitrogen and oxygen atoms in total. The fraction of sp³-hybridized carbons (Fsp3) is 0.455. The van der Waals surface area contributed by atoms with Crippen molar-refractivity contribution in [3.63, 3.8) is 0 Å². The molecular formula is C11H13NO3. The van der Waals surface area contributed by atoms with Gasteiger partial charge in [0.1, 0.15) is 13.2 Å². The molecule has 0 spiro atoms. The number of hydrogen-bond acceptors (Lipinski definition) is 4. The molecule has 0 aromatic heterocycles. The summed E-state index contributed by atoms with van der Waals surface area (Å²) in [5, 5.41) is 13.3. The number of rotatable bonds is 0. The first-order chi connectivity index (χ1) is 7.36. The highest BCUT2D eigenvalue weighted by Gasteiger charge is 2.23. The highest BCUT2D eigenvalue weighted by atomic mass is 16.6. The van der Waals surface area contributed by atoms with Gasteiger partial charge in [-0.25, -0.2) is 0 Å². The fourth-order valence-electron chi connectivity index (χ4n) is 2.11. The Hall–Kier alpha value is -1.58. The smallest absolute Gasteiger partial charge is 0.203 e. The number of phenolic OH excluding ortho intramolecular Hbond substituents is 1. The minimum Gasteiger partial charge on any atom is -0.504 e. The van der Waals surface area contributed by atoms with E-state index in [0.717, 1.165) is 30.6 Å². The second-order valence-corrected chi connectivity index (χ2v) is 3.81. The van der Waals surface area contributed by atoms with Crippen molar-refractivity contribution < 1.29 is 14.6 Å². The van der Waals surface area contributed by atoms with Gasteiger partial charge in [0, 0.05) is 23.9 Å². The Morgan fingerprint density at radius 2 is 2.13 bits per heavy atom. The van der Waals surface area contributed by atoms with Gasteiger partial charge in [0.2, 0.25) is 5.75 Å². The zero-order valence-electron chi connectivity index (χ0n) is 8.38. The van der Waals surface area contributed by atoms with Gasteiger partial charge in [0.15, 0.2) is 11.5 Å². The molecule has 0 saturated heterocycles. The average Bonchev–Trinajstić information content (AvgIpc) is 2.30. The number of ether oxygens (including phenoxy) is 2. The van der Waals surface area contributed by atoms with Crippen LogP contribution in [-0.4, -0.2) is 24.9 Å². The fourth-order valence-corrected chi connectivity index (χ4v) is 2.11. The molecule has 2 heterocycles. The third kappa shape index (κ3) is 1.28. The molecule has 0 unspecified atom stereocenters. The summed E-state index contributed by atoms with van der Waals surface area (Å²) in [6, 6.07) is 1.92. The number of phenols is 1. The van der Waals surface area contributed by atoms with Gasteiger partial charge < -0.3 is 19.9 Å². The molecule has 0 aliphatic carbocycles. The van der Waals surface area contributed by atoms with E-state index in [4.69, 9.17) is 9.47 Å². The monoisotopic (exact) mass is 207 g/mol. The number of benzene rings is 1. The molecule has 0 amide bonds. The predicted octanol–water partition coefficient (Wildman–Crippen LogP) is 1.52. The van der Waals surface area contributed by atoms with Crippen molar-refractivity contribution in [2.45, 2.75) is 12.8 Å². The van der Waals surface area contributed by atoms with Crippen LogP contribution in [0.25, 0.3) is 0 Å². The third-order valence-electron chi connectivity index (χ3n) is 2.83. The van der Waals surface area contributed by atoms with Gasteiger partial charge in [-0.1, -0.05) is 0 Å². The SMILES string of the molecule is Oc1c2c(cc3c1OCCO3)NCCC2. The number of aromatic hydroxyl groups is 1. The van der Waals surface area contributed by atoms with Crippen molar-refractivity contribution in [1.29, 1.82) is 0 Å². The molecular weight excluding hydrogens is 194 g/mol. The minimum absolute atomic E-state index is 0.245. The zero-order chi connectivity index (χ0) is 10.3. The van der Waals surface area contributed by atoms with E-state index in [-0.39, 0.29) is 5.75 Å². The Kier molecular flexibility index (Phi) is 1.87. The van der Waals surface area contributed by atoms with E-state index in [0.29, 0.717) is 24.7 Å². The standard InChI is InChI=1S/C11H13NO3/c13-10-7-2-1-3-12-8(7)6-9-11(10)15-5-4-14-9/h6,12-13H,1-5H2. The summed E-state index contributed by atoms with van der Waals surface area (Å²) in [5.74, 6) is 1.39. The van der Waals surface area contributed by atoms with Crippen molar-refractivity contribution in [2.24, 2.45) is 0 Å². The average molecular weight is 207 g/mol. The maximum atomic E-state index is 10.0. The topological polar surface area (TPSA) is 50.7 Å². The lowest BCUT2D eigenvalue weighted by Crippen LogP contribution is -2.18. The quantitative estimate of drug-likeness (QED) is 0.677. The highest BCUT2D eigenvalue weighted by Crippen LogP contribution is 2.46. The minimum atomic E-state index is 0.245. The molecule has 2 aliphatic rings. The summed E-state index contributed by atoms with van der Waals surface area (Å²) in [7, 11) is 0. The molecule has 2 N–H and O–H groups in total. The zero-order valence-corrected chi connectivity index (χ0v) is 8.38. The maximum absolute atomic E-state index is 10.0. The first-order valence-electron chi connectivity index (χ1n) is 5.24. The van der Waals surface area contributed by atoms with E-state index in [1.165, 1.54) is 0 Å². The van der Waals surface area contributed by atoms with E-state index in [1.807, 2.05) is 6.07 Å². The number of fused-ring (bicyclic) bond motifs is 2. The van der Waals surface area contributed by atoms with E-state index < -0.39 is 0 Å². The molecule has 4 heteroatoms. The summed E-state index contributed by atoms with van der Waals surface area (Å²) >= 11 is 0. The molecule has 1 aromatic carbocycles. The first kappa shape index (κ1) is 8.71. The highest BCUT2D eigenvalue weighted by molar-refractivity contribution is 5.69. The molecule has 2 aliphatic heterocycles. The van der Waals surface area contributed by atoms with Crippen LogP contribution in [-0.2, 0) is 6.42 Å². The Morgan fingerprint density at radius 1 is 1.27 bits per heavy atom. The lowest BCUT2D eigenvalue weighted by atomic mass is 10.0. The summed E-state index contributed by atoms with van der Waals surface area (Å²) in [6.45, 7) is 2.00. The van der Waals surface area contributed by atoms with Crippen LogP contribution in [0, 0.1) is 0 Å². The van der Waals surface area contributed by atoms with Gasteiger partial charge in [-0.05, 0) is 12.8 Å². The van der Waals surface area contributed by atoms with Crippen molar-refractivity contribution in [3.05, 3.63) is 11.6 Å². The van der Waals surface area contributed by atoms with Crippen LogP contribution in [0.5, 0.6) is 17.2 Å². The molecule has 0 fully saturated rings. The van der Waals surface area contributed by atoms with Crippen LogP contribution in [0.4, 0.5) is 5.69 Å². The molecule has 80 valence electrons. The summed E-state index contributed by atoms with van der Waals surface area (Å²) in [4.78, 5) is 0. The van der Waals surface area contributed by atoms with Gasteiger partial charge >= 0.3 is 0 Å². The van der Waals surface area contributed by atoms with E-state index >= 15 is 0 Å². The Bertz CT molecular complexity index is 369. The number of anilines is 1. The Morgan fingerprint density at radius 3 is 3.07 bits per heavy atom. The van der Waals surface area contributed by atoms with Crippen molar-refractivity contribution in [3.8, 4) is 17.2 Å². The van der Waals surface area contributed by atoms with Crippen LogP contribution in [0.3, 0.4) is 0 Å². The Labute approximate surface area is 87.8 Å². The summed E-state index contributed by atoms with van der Waals surface area (Å²) < 4.78 is 10.9. The molecule has 3 rings (SSSR count). The molecule has 0 bridgehead atoms. The lowest BCUT2D eigenvalue weighted by molar-refractivity contribution is 0.165. The van der Waals surface area contributed by atoms with E-state index in [2.05, 4.69) is 5.32 Å². The summed E-state index contributed by atoms with van der Waals surface area (Å²) in [6.07, 6.45) is 1.94. The molecule has 1 aromatic rings. The van der Waals surface area contributed by atoms with Crippen molar-refractivity contribution in [2.75, 3.05) is 25.1 Å². The second-order valence-electron chi connectivity index (χ2n) is 3.81. The van der Waals surface area contributed by atoms with Crippen molar-refractivity contribution in [1.82, 2.24) is 0 Å². The van der Waals surface area contributed by atoms with Crippen molar-refractivity contribution >= 4 is 5.69 Å². The molecule has 15 heavy (non-hydrogen) atoms. The number of hydrogen-bond donors (Lipinski definition) is 2. The van der Waals surface area contributed by atoms with Crippen LogP contribution < -0.4 is 14.8 Å². The molecule has 0 saturated carbocycles. The van der Waals surface area contributed by atoms with Gasteiger partial charge in [-0.3, -0.25) is 0 Å². The molecule has 0 radical (unpaired) electrons. The van der Waals surface area contributed by atoms with Crippen LogP contribution in [0.15, 0.2) is 6.07 Å². The molecule has 0 atom stereocenters. The van der Waals surface area contributed by atoms with Crippen LogP contribution in [0.1, 0.15) is 12.0 Å². The van der Waals surface area contributed by atoms with E-state index in [1.54, 1.807) is 0 Å². The predicted molar refractivity (Wildman–Crippen MR) is 55.9 cm³/mol. The van der Waals surface area contributed by atoms with E-state index in [9.17, 15) is 5.11 Å². The van der Waals surface area contributed by atoms with Gasteiger partial charge in [-0.2, -0.15) is 0 Å². The number of nitrogens with one attached hydrogen (secondary N) is 1. The van der Waals surface area contributed by atoms with Gasteiger partial charge in [-0.15, -0.1) is 0 Å². The van der Waals surface area contributed by atoms with Crippen LogP contribution >= 0.6 is 0 Å². The van der Waals surface area contributed by atoms with Gasteiger partial charge in [0.25, 0.3) is 0 Å². The second kappa shape index (κ2) is 3.22. The van der Waals surface area contributed by atoms with Gasteiger partial charge in [0.05, 0.1) is 0 Å². The Balaban J connectivity index is 2.16.